The van der Waals surface area contributed by atoms with E-state index in [1.807, 2.05) is 12.1 Å². The van der Waals surface area contributed by atoms with Crippen molar-refractivity contribution in [1.82, 2.24) is 4.57 Å². The van der Waals surface area contributed by atoms with Gasteiger partial charge in [0.2, 0.25) is 0 Å². The number of esters is 1. The largest absolute Gasteiger partial charge is 0.465 e. The molecule has 0 bridgehead atoms. The Morgan fingerprint density at radius 3 is 2.57 bits per heavy atom. The number of hydrogen-bond donors (Lipinski definition) is 0. The normalized spacial score (nSPS) is 23.1. The van der Waals surface area contributed by atoms with E-state index in [1.165, 1.54) is 63.0 Å². The number of aryl methyl sites for hydroxylation is 1. The molecule has 0 spiro atoms. The molecule has 0 aliphatic heterocycles. The number of nitrogens with zero attached hydrogens (tertiary/aromatic N) is 1. The molecule has 3 rings (SSSR count). The molecule has 0 saturated heterocycles. The van der Waals surface area contributed by atoms with Crippen LogP contribution in [0.2, 0.25) is 0 Å². The maximum absolute atomic E-state index is 11.9. The summed E-state index contributed by atoms with van der Waals surface area (Å²) in [5.41, 5.74) is 4.15. The van der Waals surface area contributed by atoms with E-state index >= 15 is 0 Å². The molecule has 1 aromatic carbocycles. The molecule has 3 nitrogen and oxygen atoms in total. The quantitative estimate of drug-likeness (QED) is 0.511. The Labute approximate surface area is 170 Å². The number of carbonyl (C=O) groups is 1. The highest BCUT2D eigenvalue weighted by Crippen LogP contribution is 2.48. The zero-order valence-electron chi connectivity index (χ0n) is 18.6. The summed E-state index contributed by atoms with van der Waals surface area (Å²) in [6.07, 6.45) is 11.4. The zero-order chi connectivity index (χ0) is 20.5. The molecule has 0 radical (unpaired) electrons. The highest BCUT2D eigenvalue weighted by atomic mass is 16.5. The minimum absolute atomic E-state index is 0.270. The Morgan fingerprint density at radius 1 is 1.29 bits per heavy atom. The second kappa shape index (κ2) is 7.93. The predicted molar refractivity (Wildman–Crippen MR) is 117 cm³/mol. The summed E-state index contributed by atoms with van der Waals surface area (Å²) < 4.78 is 7.04. The molecule has 1 saturated carbocycles. The first-order chi connectivity index (χ1) is 13.2. The van der Waals surface area contributed by atoms with Crippen molar-refractivity contribution in [1.29, 1.82) is 0 Å². The van der Waals surface area contributed by atoms with Crippen LogP contribution in [-0.2, 0) is 11.8 Å². The third kappa shape index (κ3) is 4.29. The molecule has 0 atom stereocenters. The second-order valence-corrected chi connectivity index (χ2v) is 10.0. The van der Waals surface area contributed by atoms with Gasteiger partial charge >= 0.3 is 5.97 Å². The third-order valence-electron chi connectivity index (χ3n) is 7.44. The Bertz CT molecular complexity index is 838. The van der Waals surface area contributed by atoms with Crippen LogP contribution in [0.5, 0.6) is 0 Å². The lowest BCUT2D eigenvalue weighted by atomic mass is 9.66. The fourth-order valence-electron chi connectivity index (χ4n) is 4.68. The molecule has 1 aromatic heterocycles. The van der Waals surface area contributed by atoms with Gasteiger partial charge in [-0.3, -0.25) is 0 Å². The van der Waals surface area contributed by atoms with Crippen molar-refractivity contribution in [2.24, 2.45) is 17.9 Å². The van der Waals surface area contributed by atoms with E-state index in [2.05, 4.69) is 51.6 Å². The molecule has 28 heavy (non-hydrogen) atoms. The summed E-state index contributed by atoms with van der Waals surface area (Å²) in [6, 6.07) is 5.97. The van der Waals surface area contributed by atoms with Gasteiger partial charge in [-0.05, 0) is 73.0 Å². The van der Waals surface area contributed by atoms with Crippen molar-refractivity contribution < 1.29 is 9.53 Å². The molecule has 0 unspecified atom stereocenters. The van der Waals surface area contributed by atoms with Crippen LogP contribution in [0.4, 0.5) is 0 Å². The Morgan fingerprint density at radius 2 is 1.96 bits per heavy atom. The van der Waals surface area contributed by atoms with Crippen molar-refractivity contribution in [3.05, 3.63) is 35.5 Å². The van der Waals surface area contributed by atoms with Gasteiger partial charge in [-0.2, -0.15) is 0 Å². The molecule has 1 fully saturated rings. The van der Waals surface area contributed by atoms with Crippen LogP contribution < -0.4 is 0 Å². The monoisotopic (exact) mass is 383 g/mol. The number of rotatable bonds is 6. The minimum Gasteiger partial charge on any atom is -0.465 e. The lowest BCUT2D eigenvalue weighted by Crippen LogP contribution is -2.26. The number of carbonyl (C=O) groups excluding carboxylic acids is 1. The van der Waals surface area contributed by atoms with Gasteiger partial charge in [-0.25, -0.2) is 4.79 Å². The molecule has 0 N–H and O–H groups in total. The van der Waals surface area contributed by atoms with E-state index in [1.54, 1.807) is 0 Å². The van der Waals surface area contributed by atoms with E-state index in [4.69, 9.17) is 4.74 Å². The number of methoxy groups -OCH3 is 1. The van der Waals surface area contributed by atoms with Crippen molar-refractivity contribution >= 4 is 16.9 Å². The van der Waals surface area contributed by atoms with Crippen LogP contribution in [0.25, 0.3) is 10.9 Å². The van der Waals surface area contributed by atoms with Gasteiger partial charge < -0.3 is 9.30 Å². The predicted octanol–water partition coefficient (Wildman–Crippen LogP) is 6.85. The number of ether oxygens (including phenoxy) is 1. The maximum atomic E-state index is 11.9. The number of benzene rings is 1. The summed E-state index contributed by atoms with van der Waals surface area (Å²) in [4.78, 5) is 11.9. The average molecular weight is 384 g/mol. The topological polar surface area (TPSA) is 31.2 Å². The number of aromatic nitrogens is 1. The first kappa shape index (κ1) is 21.0. The van der Waals surface area contributed by atoms with Crippen molar-refractivity contribution in [3.63, 3.8) is 0 Å². The second-order valence-electron chi connectivity index (χ2n) is 10.0. The molecular weight excluding hydrogens is 346 g/mol. The lowest BCUT2D eigenvalue weighted by molar-refractivity contribution is 0.0601. The van der Waals surface area contributed by atoms with Gasteiger partial charge in [-0.15, -0.1) is 0 Å². The van der Waals surface area contributed by atoms with E-state index in [9.17, 15) is 4.79 Å². The fourth-order valence-corrected chi connectivity index (χ4v) is 4.68. The Balaban J connectivity index is 1.74. The Hall–Kier alpha value is -1.77. The molecular formula is C25H37NO2. The molecule has 1 aliphatic carbocycles. The van der Waals surface area contributed by atoms with Gasteiger partial charge in [-0.1, -0.05) is 40.2 Å². The van der Waals surface area contributed by atoms with Crippen molar-refractivity contribution in [3.8, 4) is 0 Å². The zero-order valence-corrected chi connectivity index (χ0v) is 18.6. The van der Waals surface area contributed by atoms with Gasteiger partial charge in [0.15, 0.2) is 0 Å². The Kier molecular flexibility index (Phi) is 5.93. The van der Waals surface area contributed by atoms with Crippen molar-refractivity contribution in [2.45, 2.75) is 78.6 Å². The lowest BCUT2D eigenvalue weighted by Gasteiger charge is -2.39. The first-order valence-electron chi connectivity index (χ1n) is 10.9. The van der Waals surface area contributed by atoms with E-state index in [-0.39, 0.29) is 5.97 Å². The summed E-state index contributed by atoms with van der Waals surface area (Å²) in [5.74, 6) is 0.355. The van der Waals surface area contributed by atoms with E-state index < -0.39 is 0 Å². The summed E-state index contributed by atoms with van der Waals surface area (Å²) in [6.45, 7) is 9.62. The molecule has 3 heteroatoms. The van der Waals surface area contributed by atoms with Gasteiger partial charge in [0.1, 0.15) is 0 Å². The van der Waals surface area contributed by atoms with Crippen LogP contribution in [0.1, 0.15) is 94.5 Å². The maximum Gasteiger partial charge on any atom is 0.337 e. The summed E-state index contributed by atoms with van der Waals surface area (Å²) >= 11 is 0. The van der Waals surface area contributed by atoms with E-state index in [0.29, 0.717) is 22.3 Å². The molecule has 2 aromatic rings. The molecule has 1 heterocycles. The average Bonchev–Trinajstić information content (AvgIpc) is 3.03. The fraction of sp³-hybridized carbons (Fsp3) is 0.640. The standard InChI is InChI=1S/C25H37NO2/c1-7-24(2,3)14-15-25(4)12-10-18(11-13-25)21-17-26(5)22-16-19(23(27)28-6)8-9-20(21)22/h8-9,16-18H,7,10-15H2,1-6H3. The van der Waals surface area contributed by atoms with Crippen molar-refractivity contribution in [2.75, 3.05) is 7.11 Å². The minimum atomic E-state index is -0.270. The van der Waals surface area contributed by atoms with Gasteiger partial charge in [0, 0.05) is 24.1 Å². The van der Waals surface area contributed by atoms with Gasteiger partial charge in [0.05, 0.1) is 12.7 Å². The van der Waals surface area contributed by atoms with Crippen LogP contribution >= 0.6 is 0 Å². The SMILES string of the molecule is CCC(C)(C)CCC1(C)CCC(c2cn(C)c3cc(C(=O)OC)ccc23)CC1. The smallest absolute Gasteiger partial charge is 0.337 e. The third-order valence-corrected chi connectivity index (χ3v) is 7.44. The van der Waals surface area contributed by atoms with Crippen LogP contribution in [0.15, 0.2) is 24.4 Å². The number of fused-ring (bicyclic) bond motifs is 1. The van der Waals surface area contributed by atoms with Crippen LogP contribution in [0.3, 0.4) is 0 Å². The molecule has 154 valence electrons. The van der Waals surface area contributed by atoms with Crippen LogP contribution in [-0.4, -0.2) is 17.6 Å². The van der Waals surface area contributed by atoms with Gasteiger partial charge in [0.25, 0.3) is 0 Å². The summed E-state index contributed by atoms with van der Waals surface area (Å²) in [7, 11) is 3.51. The summed E-state index contributed by atoms with van der Waals surface area (Å²) in [5, 5.41) is 1.29. The van der Waals surface area contributed by atoms with E-state index in [0.717, 1.165) is 5.52 Å². The number of hydrogen-bond acceptors (Lipinski definition) is 2. The molecule has 0 amide bonds. The highest BCUT2D eigenvalue weighted by Gasteiger charge is 2.33. The molecule has 1 aliphatic rings. The van der Waals surface area contributed by atoms with Crippen LogP contribution in [0, 0.1) is 10.8 Å². The first-order valence-corrected chi connectivity index (χ1v) is 10.9. The highest BCUT2D eigenvalue weighted by molar-refractivity contribution is 5.95.